The summed E-state index contributed by atoms with van der Waals surface area (Å²) in [5.41, 5.74) is 4.53. The molecule has 56 valence electrons. The zero-order chi connectivity index (χ0) is 7.98. The Labute approximate surface area is 61.5 Å². The number of carbonyl (C=O) groups excluding carboxylic acids is 2. The average molecular weight is 163 g/mol. The van der Waals surface area contributed by atoms with Gasteiger partial charge < -0.3 is 10.5 Å². The first-order valence-electron chi connectivity index (χ1n) is 2.39. The van der Waals surface area contributed by atoms with E-state index in [0.29, 0.717) is 6.29 Å². The highest BCUT2D eigenvalue weighted by molar-refractivity contribution is 8.02. The highest BCUT2D eigenvalue weighted by Crippen LogP contribution is 2.05. The number of hydrogen-bond donors (Lipinski definition) is 1. The van der Waals surface area contributed by atoms with Gasteiger partial charge in [-0.3, -0.25) is 4.79 Å². The Balaban J connectivity index is 3.68. The summed E-state index contributed by atoms with van der Waals surface area (Å²) in [5.74, 6) is -2.01. The Morgan fingerprint density at radius 1 is 1.70 bits per heavy atom. The van der Waals surface area contributed by atoms with Gasteiger partial charge in [-0.15, -0.1) is 11.8 Å². The molecule has 2 N–H and O–H groups in total. The first-order chi connectivity index (χ1) is 4.68. The van der Waals surface area contributed by atoms with Crippen LogP contribution in [-0.4, -0.2) is 17.9 Å². The summed E-state index contributed by atoms with van der Waals surface area (Å²) in [4.78, 5) is 19.6. The van der Waals surface area contributed by atoms with E-state index < -0.39 is 11.7 Å². The fourth-order valence-corrected chi connectivity index (χ4v) is 0.656. The minimum atomic E-state index is -1.11. The zero-order valence-electron chi connectivity index (χ0n) is 5.04. The predicted octanol–water partition coefficient (Wildman–Crippen LogP) is 0.215. The van der Waals surface area contributed by atoms with Gasteiger partial charge in [0.15, 0.2) is 5.83 Å². The Morgan fingerprint density at radius 2 is 2.30 bits per heavy atom. The molecule has 0 aliphatic rings. The first-order valence-corrected chi connectivity index (χ1v) is 3.44. The van der Waals surface area contributed by atoms with Gasteiger partial charge in [-0.1, -0.05) is 0 Å². The molecule has 0 heterocycles. The van der Waals surface area contributed by atoms with E-state index in [2.05, 4.69) is 5.73 Å². The van der Waals surface area contributed by atoms with Crippen LogP contribution in [0.3, 0.4) is 0 Å². The number of thioether (sulfide) groups is 1. The maximum atomic E-state index is 12.1. The first kappa shape index (κ1) is 9.16. The molecule has 1 amide bonds. The summed E-state index contributed by atoms with van der Waals surface area (Å²) in [6.45, 7) is 0. The summed E-state index contributed by atoms with van der Waals surface area (Å²) in [6.07, 6.45) is 0.607. The third-order valence-electron chi connectivity index (χ3n) is 0.586. The van der Waals surface area contributed by atoms with Crippen molar-refractivity contribution in [2.24, 2.45) is 5.73 Å². The predicted molar refractivity (Wildman–Crippen MR) is 36.9 cm³/mol. The van der Waals surface area contributed by atoms with Gasteiger partial charge in [0.05, 0.1) is 5.75 Å². The van der Waals surface area contributed by atoms with Gasteiger partial charge in [-0.05, 0) is 0 Å². The van der Waals surface area contributed by atoms with E-state index in [1.54, 1.807) is 0 Å². The molecule has 0 aliphatic heterocycles. The molecule has 0 saturated heterocycles. The molecule has 0 bridgehead atoms. The minimum Gasteiger partial charge on any atom is -0.364 e. The van der Waals surface area contributed by atoms with Crippen LogP contribution in [0, 0.1) is 0 Å². The monoisotopic (exact) mass is 163 g/mol. The molecule has 0 aliphatic carbocycles. The number of nitrogens with two attached hydrogens (primary N) is 1. The lowest BCUT2D eigenvalue weighted by atomic mass is 10.6. The molecule has 0 unspecified atom stereocenters. The Morgan fingerprint density at radius 3 is 2.70 bits per heavy atom. The second-order valence-electron chi connectivity index (χ2n) is 1.33. The van der Waals surface area contributed by atoms with Gasteiger partial charge in [-0.25, -0.2) is 4.39 Å². The summed E-state index contributed by atoms with van der Waals surface area (Å²) >= 11 is 0.884. The van der Waals surface area contributed by atoms with Gasteiger partial charge in [0.25, 0.3) is 5.91 Å². The third-order valence-corrected chi connectivity index (χ3v) is 1.29. The van der Waals surface area contributed by atoms with Gasteiger partial charge in [0, 0.05) is 5.41 Å². The van der Waals surface area contributed by atoms with E-state index >= 15 is 0 Å². The van der Waals surface area contributed by atoms with Crippen molar-refractivity contribution in [2.45, 2.75) is 0 Å². The van der Waals surface area contributed by atoms with Crippen molar-refractivity contribution < 1.29 is 14.0 Å². The van der Waals surface area contributed by atoms with E-state index in [1.165, 1.54) is 0 Å². The van der Waals surface area contributed by atoms with Crippen LogP contribution in [0.4, 0.5) is 4.39 Å². The molecule has 0 atom stereocenters. The maximum Gasteiger partial charge on any atom is 0.277 e. The van der Waals surface area contributed by atoms with Crippen LogP contribution in [0.1, 0.15) is 0 Å². The molecular formula is C5H6FNO2S. The van der Waals surface area contributed by atoms with Crippen LogP contribution >= 0.6 is 11.8 Å². The highest BCUT2D eigenvalue weighted by atomic mass is 32.2. The van der Waals surface area contributed by atoms with E-state index in [9.17, 15) is 14.0 Å². The molecule has 0 spiro atoms. The molecule has 0 aromatic rings. The number of primary amides is 1. The zero-order valence-corrected chi connectivity index (χ0v) is 5.86. The second-order valence-corrected chi connectivity index (χ2v) is 2.23. The number of hydrogen-bond acceptors (Lipinski definition) is 3. The van der Waals surface area contributed by atoms with Crippen molar-refractivity contribution in [3.8, 4) is 0 Å². The lowest BCUT2D eigenvalue weighted by molar-refractivity contribution is -0.115. The van der Waals surface area contributed by atoms with Crippen molar-refractivity contribution >= 4 is 24.0 Å². The fourth-order valence-electron chi connectivity index (χ4n) is 0.219. The average Bonchev–Trinajstić information content (AvgIpc) is 1.88. The molecule has 0 aromatic carbocycles. The standard InChI is InChI=1S/C5H6FNO2S/c6-4(5(7)9)3-10-2-1-8/h1,3H,2H2,(H2,7,9)/b4-3-. The molecule has 0 rings (SSSR count). The largest absolute Gasteiger partial charge is 0.364 e. The van der Waals surface area contributed by atoms with Crippen molar-refractivity contribution in [3.63, 3.8) is 0 Å². The van der Waals surface area contributed by atoms with Gasteiger partial charge in [0.2, 0.25) is 0 Å². The Hall–Kier alpha value is -0.840. The van der Waals surface area contributed by atoms with Crippen LogP contribution < -0.4 is 5.73 Å². The molecule has 3 nitrogen and oxygen atoms in total. The van der Waals surface area contributed by atoms with Crippen LogP contribution in [0.15, 0.2) is 11.2 Å². The molecule has 10 heavy (non-hydrogen) atoms. The van der Waals surface area contributed by atoms with E-state index in [0.717, 1.165) is 17.2 Å². The van der Waals surface area contributed by atoms with Crippen LogP contribution in [0.2, 0.25) is 0 Å². The lowest BCUT2D eigenvalue weighted by Gasteiger charge is -1.86. The molecular weight excluding hydrogens is 157 g/mol. The summed E-state index contributed by atoms with van der Waals surface area (Å²) in [6, 6.07) is 0. The van der Waals surface area contributed by atoms with Crippen molar-refractivity contribution in [3.05, 3.63) is 11.2 Å². The number of amides is 1. The van der Waals surface area contributed by atoms with E-state index in [-0.39, 0.29) is 5.75 Å². The fraction of sp³-hybridized carbons (Fsp3) is 0.200. The smallest absolute Gasteiger partial charge is 0.277 e. The van der Waals surface area contributed by atoms with E-state index in [4.69, 9.17) is 0 Å². The normalized spacial score (nSPS) is 11.1. The molecule has 5 heteroatoms. The van der Waals surface area contributed by atoms with Crippen LogP contribution in [-0.2, 0) is 9.59 Å². The number of rotatable bonds is 4. The summed E-state index contributed by atoms with van der Waals surface area (Å²) in [5, 5.41) is 0.913. The third kappa shape index (κ3) is 4.08. The van der Waals surface area contributed by atoms with Crippen molar-refractivity contribution in [1.29, 1.82) is 0 Å². The topological polar surface area (TPSA) is 60.2 Å². The van der Waals surface area contributed by atoms with Crippen molar-refractivity contribution in [1.82, 2.24) is 0 Å². The molecule has 0 fully saturated rings. The quantitative estimate of drug-likeness (QED) is 0.366. The maximum absolute atomic E-state index is 12.1. The van der Waals surface area contributed by atoms with Crippen molar-refractivity contribution in [2.75, 3.05) is 5.75 Å². The highest BCUT2D eigenvalue weighted by Gasteiger charge is 1.99. The summed E-state index contributed by atoms with van der Waals surface area (Å²) in [7, 11) is 0. The number of aldehydes is 1. The molecule has 0 radical (unpaired) electrons. The van der Waals surface area contributed by atoms with Gasteiger partial charge in [-0.2, -0.15) is 0 Å². The lowest BCUT2D eigenvalue weighted by Crippen LogP contribution is -2.10. The van der Waals surface area contributed by atoms with Gasteiger partial charge >= 0.3 is 0 Å². The van der Waals surface area contributed by atoms with Crippen LogP contribution in [0.5, 0.6) is 0 Å². The Bertz CT molecular complexity index is 169. The SMILES string of the molecule is NC(=O)/C(F)=C/SCC=O. The van der Waals surface area contributed by atoms with Crippen LogP contribution in [0.25, 0.3) is 0 Å². The number of halogens is 1. The Kier molecular flexibility index (Phi) is 4.57. The van der Waals surface area contributed by atoms with Gasteiger partial charge in [0.1, 0.15) is 6.29 Å². The van der Waals surface area contributed by atoms with E-state index in [1.807, 2.05) is 0 Å². The summed E-state index contributed by atoms with van der Waals surface area (Å²) < 4.78 is 12.1. The minimum absolute atomic E-state index is 0.126. The number of carbonyl (C=O) groups is 2. The molecule has 0 aromatic heterocycles. The second kappa shape index (κ2) is 4.99. The molecule has 0 saturated carbocycles.